The predicted octanol–water partition coefficient (Wildman–Crippen LogP) is 2.07. The molecule has 4 N–H and O–H groups in total. The molecule has 4 atom stereocenters. The number of halogens is 2. The Balaban J connectivity index is 1.32. The standard InChI is InChI=1S/C23H23Cl2N5O3/c24-14-5-6-17(16(25)9-14)26-21(32)15-10-18(31)27-20-19(15)22(33)29-23(28-20)30-8-7-12-3-1-2-4-13(12)11-30/h1-6,9,15,19-20,23,28H,7-8,10-11H2,(H,26,32)(H,27,31)(H,29,33). The van der Waals surface area contributed by atoms with Gasteiger partial charge in [-0.25, -0.2) is 0 Å². The molecular formula is C23H23Cl2N5O3. The molecule has 2 aromatic carbocycles. The monoisotopic (exact) mass is 487 g/mol. The topological polar surface area (TPSA) is 103 Å². The van der Waals surface area contributed by atoms with Crippen molar-refractivity contribution in [1.29, 1.82) is 0 Å². The average molecular weight is 488 g/mol. The van der Waals surface area contributed by atoms with Crippen LogP contribution in [0.4, 0.5) is 5.69 Å². The Bertz CT molecular complexity index is 1130. The van der Waals surface area contributed by atoms with Crippen LogP contribution in [0.3, 0.4) is 0 Å². The molecule has 5 rings (SSSR count). The highest BCUT2D eigenvalue weighted by Crippen LogP contribution is 2.31. The molecule has 0 radical (unpaired) electrons. The highest BCUT2D eigenvalue weighted by Gasteiger charge is 2.49. The highest BCUT2D eigenvalue weighted by atomic mass is 35.5. The van der Waals surface area contributed by atoms with Gasteiger partial charge in [-0.1, -0.05) is 47.5 Å². The van der Waals surface area contributed by atoms with E-state index >= 15 is 0 Å². The molecule has 8 nitrogen and oxygen atoms in total. The smallest absolute Gasteiger partial charge is 0.229 e. The quantitative estimate of drug-likeness (QED) is 0.530. The minimum Gasteiger partial charge on any atom is -0.340 e. The van der Waals surface area contributed by atoms with Crippen LogP contribution in [0.5, 0.6) is 0 Å². The first-order chi connectivity index (χ1) is 15.9. The van der Waals surface area contributed by atoms with Crippen molar-refractivity contribution in [2.75, 3.05) is 11.9 Å². The molecule has 3 amide bonds. The lowest BCUT2D eigenvalue weighted by Gasteiger charge is -2.47. The number of carbonyl (C=O) groups excluding carboxylic acids is 3. The SMILES string of the molecule is O=C1CC(C(=O)Nc2ccc(Cl)cc2Cl)C2C(=O)NC(N3CCc4ccccc4C3)NC2N1. The lowest BCUT2D eigenvalue weighted by Crippen LogP contribution is -2.74. The van der Waals surface area contributed by atoms with Crippen molar-refractivity contribution in [2.45, 2.75) is 31.8 Å². The largest absolute Gasteiger partial charge is 0.340 e. The summed E-state index contributed by atoms with van der Waals surface area (Å²) in [5.74, 6) is -2.59. The van der Waals surface area contributed by atoms with Crippen molar-refractivity contribution >= 4 is 46.6 Å². The van der Waals surface area contributed by atoms with Crippen molar-refractivity contribution in [1.82, 2.24) is 20.9 Å². The fourth-order valence-electron chi connectivity index (χ4n) is 4.81. The van der Waals surface area contributed by atoms with Gasteiger partial charge in [0.2, 0.25) is 17.7 Å². The van der Waals surface area contributed by atoms with Gasteiger partial charge in [0.25, 0.3) is 0 Å². The zero-order valence-corrected chi connectivity index (χ0v) is 19.1. The van der Waals surface area contributed by atoms with E-state index in [9.17, 15) is 14.4 Å². The second kappa shape index (κ2) is 8.95. The van der Waals surface area contributed by atoms with Crippen molar-refractivity contribution in [3.8, 4) is 0 Å². The van der Waals surface area contributed by atoms with E-state index in [0.717, 1.165) is 13.0 Å². The first-order valence-electron chi connectivity index (χ1n) is 10.8. The molecule has 0 aromatic heterocycles. The Kier molecular flexibility index (Phi) is 6.01. The van der Waals surface area contributed by atoms with Crippen LogP contribution in [0, 0.1) is 11.8 Å². The van der Waals surface area contributed by atoms with Gasteiger partial charge in [-0.2, -0.15) is 0 Å². The third-order valence-electron chi connectivity index (χ3n) is 6.48. The van der Waals surface area contributed by atoms with Gasteiger partial charge >= 0.3 is 0 Å². The molecule has 3 aliphatic rings. The number of anilines is 1. The van der Waals surface area contributed by atoms with Gasteiger partial charge in [-0.15, -0.1) is 0 Å². The molecule has 3 aliphatic heterocycles. The number of fused-ring (bicyclic) bond motifs is 2. The van der Waals surface area contributed by atoms with Gasteiger partial charge in [0.05, 0.1) is 28.7 Å². The summed E-state index contributed by atoms with van der Waals surface area (Å²) in [6.45, 7) is 1.44. The third kappa shape index (κ3) is 4.44. The number of piperidine rings is 1. The first kappa shape index (κ1) is 22.2. The van der Waals surface area contributed by atoms with Crippen molar-refractivity contribution in [3.63, 3.8) is 0 Å². The fraction of sp³-hybridized carbons (Fsp3) is 0.348. The summed E-state index contributed by atoms with van der Waals surface area (Å²) in [7, 11) is 0. The highest BCUT2D eigenvalue weighted by molar-refractivity contribution is 6.36. The Morgan fingerprint density at radius 2 is 1.85 bits per heavy atom. The summed E-state index contributed by atoms with van der Waals surface area (Å²) in [4.78, 5) is 40.8. The maximum absolute atomic E-state index is 13.2. The second-order valence-corrected chi connectivity index (χ2v) is 9.41. The maximum atomic E-state index is 13.2. The normalized spacial score (nSPS) is 27.1. The molecule has 3 heterocycles. The number of benzene rings is 2. The molecule has 0 saturated carbocycles. The second-order valence-electron chi connectivity index (χ2n) is 8.56. The third-order valence-corrected chi connectivity index (χ3v) is 7.03. The van der Waals surface area contributed by atoms with Crippen LogP contribution in [0.2, 0.25) is 10.0 Å². The number of hydrogen-bond acceptors (Lipinski definition) is 5. The number of amides is 3. The van der Waals surface area contributed by atoms with E-state index in [1.54, 1.807) is 12.1 Å². The Labute approximate surface area is 201 Å². The first-order valence-corrected chi connectivity index (χ1v) is 11.6. The van der Waals surface area contributed by atoms with Crippen molar-refractivity contribution < 1.29 is 14.4 Å². The molecule has 2 saturated heterocycles. The zero-order chi connectivity index (χ0) is 23.1. The van der Waals surface area contributed by atoms with E-state index in [2.05, 4.69) is 38.3 Å². The Morgan fingerprint density at radius 3 is 2.64 bits per heavy atom. The Hall–Kier alpha value is -2.65. The molecule has 0 spiro atoms. The van der Waals surface area contributed by atoms with Crippen LogP contribution in [0.1, 0.15) is 17.5 Å². The average Bonchev–Trinajstić information content (AvgIpc) is 2.79. The molecule has 2 fully saturated rings. The van der Waals surface area contributed by atoms with Gasteiger partial charge in [-0.05, 0) is 35.7 Å². The number of carbonyl (C=O) groups is 3. The molecule has 2 aromatic rings. The number of hydrogen-bond donors (Lipinski definition) is 4. The minimum atomic E-state index is -0.842. The maximum Gasteiger partial charge on any atom is 0.229 e. The number of nitrogens with one attached hydrogen (secondary N) is 4. The number of nitrogens with zero attached hydrogens (tertiary/aromatic N) is 1. The summed E-state index contributed by atoms with van der Waals surface area (Å²) < 4.78 is 0. The van der Waals surface area contributed by atoms with Crippen molar-refractivity contribution in [2.24, 2.45) is 11.8 Å². The summed E-state index contributed by atoms with van der Waals surface area (Å²) in [5.41, 5.74) is 2.90. The van der Waals surface area contributed by atoms with E-state index < -0.39 is 30.2 Å². The van der Waals surface area contributed by atoms with Gasteiger partial charge in [-0.3, -0.25) is 24.6 Å². The lowest BCUT2D eigenvalue weighted by atomic mass is 9.81. The summed E-state index contributed by atoms with van der Waals surface area (Å²) in [6.07, 6.45) is -0.314. The van der Waals surface area contributed by atoms with E-state index in [4.69, 9.17) is 23.2 Å². The molecular weight excluding hydrogens is 465 g/mol. The summed E-state index contributed by atoms with van der Waals surface area (Å²) in [6, 6.07) is 12.9. The van der Waals surface area contributed by atoms with Crippen LogP contribution in [-0.2, 0) is 27.3 Å². The van der Waals surface area contributed by atoms with Crippen LogP contribution < -0.4 is 21.3 Å². The van der Waals surface area contributed by atoms with E-state index in [0.29, 0.717) is 17.3 Å². The zero-order valence-electron chi connectivity index (χ0n) is 17.6. The van der Waals surface area contributed by atoms with Crippen molar-refractivity contribution in [3.05, 3.63) is 63.6 Å². The minimum absolute atomic E-state index is 0.0882. The Morgan fingerprint density at radius 1 is 1.06 bits per heavy atom. The molecule has 172 valence electrons. The van der Waals surface area contributed by atoms with Crippen LogP contribution in [0.25, 0.3) is 0 Å². The van der Waals surface area contributed by atoms with Crippen LogP contribution >= 0.6 is 23.2 Å². The van der Waals surface area contributed by atoms with Gasteiger partial charge in [0.15, 0.2) is 0 Å². The van der Waals surface area contributed by atoms with Gasteiger partial charge in [0.1, 0.15) is 6.29 Å². The molecule has 10 heteroatoms. The van der Waals surface area contributed by atoms with Gasteiger partial charge in [0, 0.05) is 24.5 Å². The van der Waals surface area contributed by atoms with Crippen LogP contribution in [-0.4, -0.2) is 41.6 Å². The van der Waals surface area contributed by atoms with Gasteiger partial charge < -0.3 is 16.0 Å². The molecule has 33 heavy (non-hydrogen) atoms. The lowest BCUT2D eigenvalue weighted by molar-refractivity contribution is -0.147. The molecule has 4 unspecified atom stereocenters. The van der Waals surface area contributed by atoms with E-state index in [1.807, 2.05) is 12.1 Å². The van der Waals surface area contributed by atoms with E-state index in [-0.39, 0.29) is 23.3 Å². The molecule has 0 bridgehead atoms. The predicted molar refractivity (Wildman–Crippen MR) is 124 cm³/mol. The summed E-state index contributed by atoms with van der Waals surface area (Å²) in [5, 5.41) is 12.6. The van der Waals surface area contributed by atoms with Crippen LogP contribution in [0.15, 0.2) is 42.5 Å². The van der Waals surface area contributed by atoms with E-state index in [1.165, 1.54) is 17.2 Å². The summed E-state index contributed by atoms with van der Waals surface area (Å²) >= 11 is 12.1. The number of rotatable bonds is 3. The molecule has 0 aliphatic carbocycles. The fourth-order valence-corrected chi connectivity index (χ4v) is 5.27.